The predicted molar refractivity (Wildman–Crippen MR) is 111 cm³/mol. The van der Waals surface area contributed by atoms with Crippen LogP contribution in [0.1, 0.15) is 24.8 Å². The Morgan fingerprint density at radius 1 is 1.09 bits per heavy atom. The summed E-state index contributed by atoms with van der Waals surface area (Å²) in [5, 5.41) is 0. The van der Waals surface area contributed by atoms with Crippen molar-refractivity contribution in [2.24, 2.45) is 0 Å². The van der Waals surface area contributed by atoms with E-state index >= 15 is 0 Å². The topological polar surface area (TPSA) is 59.8 Å². The van der Waals surface area contributed by atoms with Crippen LogP contribution < -0.4 is 20.1 Å². The van der Waals surface area contributed by atoms with Crippen LogP contribution in [-0.2, 0) is 13.2 Å². The Morgan fingerprint density at radius 2 is 1.82 bits per heavy atom. The third-order valence-electron chi connectivity index (χ3n) is 6.40. The minimum absolute atomic E-state index is 0.0818. The first-order valence-electron chi connectivity index (χ1n) is 11.1. The molecule has 3 aliphatic heterocycles. The van der Waals surface area contributed by atoms with Crippen LogP contribution >= 0.6 is 0 Å². The Hall–Kier alpha value is -2.89. The van der Waals surface area contributed by atoms with Crippen LogP contribution in [0.2, 0.25) is 0 Å². The number of aromatic nitrogens is 2. The van der Waals surface area contributed by atoms with Crippen molar-refractivity contribution in [1.29, 1.82) is 0 Å². The van der Waals surface area contributed by atoms with E-state index in [0.717, 1.165) is 37.3 Å². The molecule has 4 heterocycles. The van der Waals surface area contributed by atoms with Gasteiger partial charge in [-0.05, 0) is 30.5 Å². The Morgan fingerprint density at radius 3 is 2.53 bits per heavy atom. The molecule has 2 saturated heterocycles. The van der Waals surface area contributed by atoms with Gasteiger partial charge in [-0.15, -0.1) is 0 Å². The summed E-state index contributed by atoms with van der Waals surface area (Å²) in [6.45, 7) is 1.40. The summed E-state index contributed by atoms with van der Waals surface area (Å²) >= 11 is 0. The first-order chi connectivity index (χ1) is 16.2. The van der Waals surface area contributed by atoms with Crippen LogP contribution in [-0.4, -0.2) is 59.0 Å². The number of benzene rings is 1. The molecular formula is C22H23F5N4O3. The number of nitrogens with zero attached hydrogens (tertiary/aromatic N) is 4. The molecule has 184 valence electrons. The Bertz CT molecular complexity index is 1110. The molecule has 0 saturated carbocycles. The predicted octanol–water partition coefficient (Wildman–Crippen LogP) is 3.10. The fraction of sp³-hybridized carbons (Fsp3) is 0.545. The molecule has 1 unspecified atom stereocenters. The Kier molecular flexibility index (Phi) is 5.86. The van der Waals surface area contributed by atoms with Gasteiger partial charge in [-0.25, -0.2) is 13.6 Å². The summed E-state index contributed by atoms with van der Waals surface area (Å²) in [4.78, 5) is 19.9. The lowest BCUT2D eigenvalue weighted by Crippen LogP contribution is -2.54. The van der Waals surface area contributed by atoms with E-state index in [0.29, 0.717) is 6.54 Å². The maximum Gasteiger partial charge on any atom is 0.390 e. The molecule has 1 aromatic carbocycles. The number of ether oxygens (including phenoxy) is 2. The van der Waals surface area contributed by atoms with Crippen LogP contribution in [0.5, 0.6) is 11.6 Å². The molecule has 0 radical (unpaired) electrons. The molecule has 5 rings (SSSR count). The molecule has 12 heteroatoms. The zero-order chi connectivity index (χ0) is 24.0. The van der Waals surface area contributed by atoms with Crippen molar-refractivity contribution in [3.63, 3.8) is 0 Å². The van der Waals surface area contributed by atoms with E-state index in [-0.39, 0.29) is 43.7 Å². The molecule has 7 nitrogen and oxygen atoms in total. The van der Waals surface area contributed by atoms with Gasteiger partial charge in [-0.3, -0.25) is 9.47 Å². The monoisotopic (exact) mass is 486 g/mol. The number of fused-ring (bicyclic) bond motifs is 3. The number of hydrogen-bond donors (Lipinski definition) is 0. The highest BCUT2D eigenvalue weighted by Gasteiger charge is 2.35. The number of likely N-dealkylation sites (tertiary alicyclic amines) is 1. The molecule has 0 bridgehead atoms. The first-order valence-corrected chi connectivity index (χ1v) is 11.1. The van der Waals surface area contributed by atoms with E-state index in [9.17, 15) is 26.7 Å². The molecule has 0 aliphatic carbocycles. The van der Waals surface area contributed by atoms with E-state index < -0.39 is 41.8 Å². The second kappa shape index (κ2) is 8.71. The summed E-state index contributed by atoms with van der Waals surface area (Å²) < 4.78 is 78.3. The summed E-state index contributed by atoms with van der Waals surface area (Å²) in [5.41, 5.74) is -0.239. The Labute approximate surface area is 191 Å². The van der Waals surface area contributed by atoms with Crippen LogP contribution in [0.4, 0.5) is 27.8 Å². The molecule has 1 aromatic heterocycles. The van der Waals surface area contributed by atoms with E-state index in [4.69, 9.17) is 9.47 Å². The zero-order valence-corrected chi connectivity index (χ0v) is 18.2. The lowest BCUT2D eigenvalue weighted by atomic mass is 10.1. The van der Waals surface area contributed by atoms with Crippen LogP contribution in [0, 0.1) is 11.6 Å². The normalized spacial score (nSPS) is 20.3. The van der Waals surface area contributed by atoms with Gasteiger partial charge in [0, 0.05) is 44.8 Å². The molecule has 3 aliphatic rings. The number of rotatable bonds is 7. The second-order valence-corrected chi connectivity index (χ2v) is 8.88. The standard InChI is InChI=1S/C22H23F5N4O3/c23-16-6-13(7-17(24)20(16)34-15-10-29(11-15)5-3-22(25,26)27)12-33-18-8-19-30-4-1-2-14(30)9-31(19)21(32)28-18/h6-8,14-15H,1-5,9-12H2. The van der Waals surface area contributed by atoms with Gasteiger partial charge in [0.2, 0.25) is 5.88 Å². The summed E-state index contributed by atoms with van der Waals surface area (Å²) in [5.74, 6) is -1.62. The van der Waals surface area contributed by atoms with Gasteiger partial charge >= 0.3 is 11.9 Å². The van der Waals surface area contributed by atoms with Gasteiger partial charge in [-0.1, -0.05) is 0 Å². The fourth-order valence-electron chi connectivity index (χ4n) is 4.69. The average Bonchev–Trinajstić information content (AvgIpc) is 3.31. The summed E-state index contributed by atoms with van der Waals surface area (Å²) in [6.07, 6.45) is -3.71. The number of anilines is 1. The van der Waals surface area contributed by atoms with Gasteiger partial charge in [-0.2, -0.15) is 18.2 Å². The van der Waals surface area contributed by atoms with Crippen molar-refractivity contribution in [3.05, 3.63) is 45.9 Å². The molecule has 0 spiro atoms. The maximum atomic E-state index is 14.5. The van der Waals surface area contributed by atoms with Gasteiger partial charge in [0.25, 0.3) is 0 Å². The van der Waals surface area contributed by atoms with Crippen molar-refractivity contribution in [2.45, 2.75) is 50.7 Å². The molecule has 34 heavy (non-hydrogen) atoms. The van der Waals surface area contributed by atoms with Gasteiger partial charge < -0.3 is 14.4 Å². The van der Waals surface area contributed by atoms with Crippen LogP contribution in [0.25, 0.3) is 0 Å². The quantitative estimate of drug-likeness (QED) is 0.561. The molecule has 1 atom stereocenters. The van der Waals surface area contributed by atoms with Gasteiger partial charge in [0.05, 0.1) is 6.42 Å². The summed E-state index contributed by atoms with van der Waals surface area (Å²) in [6, 6.07) is 4.08. The van der Waals surface area contributed by atoms with E-state index in [1.54, 1.807) is 10.6 Å². The minimum Gasteiger partial charge on any atom is -0.482 e. The first kappa shape index (κ1) is 22.9. The molecular weight excluding hydrogens is 463 g/mol. The maximum absolute atomic E-state index is 14.5. The highest BCUT2D eigenvalue weighted by molar-refractivity contribution is 5.48. The van der Waals surface area contributed by atoms with Crippen molar-refractivity contribution >= 4 is 5.82 Å². The summed E-state index contributed by atoms with van der Waals surface area (Å²) in [7, 11) is 0. The van der Waals surface area contributed by atoms with Crippen LogP contribution in [0.3, 0.4) is 0 Å². The van der Waals surface area contributed by atoms with Crippen molar-refractivity contribution in [3.8, 4) is 11.6 Å². The average molecular weight is 486 g/mol. The highest BCUT2D eigenvalue weighted by atomic mass is 19.4. The Balaban J connectivity index is 1.19. The minimum atomic E-state index is -4.25. The molecule has 2 fully saturated rings. The fourth-order valence-corrected chi connectivity index (χ4v) is 4.69. The third kappa shape index (κ3) is 4.68. The number of alkyl halides is 3. The highest BCUT2D eigenvalue weighted by Crippen LogP contribution is 2.33. The van der Waals surface area contributed by atoms with E-state index in [1.807, 2.05) is 0 Å². The molecule has 0 N–H and O–H groups in total. The third-order valence-corrected chi connectivity index (χ3v) is 6.40. The SMILES string of the molecule is O=c1nc(OCc2cc(F)c(OC3CN(CCC(F)(F)F)C3)c(F)c2)cc2n1CC1CCCN21. The number of hydrogen-bond acceptors (Lipinski definition) is 6. The lowest BCUT2D eigenvalue weighted by Gasteiger charge is -2.39. The van der Waals surface area contributed by atoms with E-state index in [2.05, 4.69) is 9.88 Å². The van der Waals surface area contributed by atoms with Gasteiger partial charge in [0.1, 0.15) is 18.5 Å². The second-order valence-electron chi connectivity index (χ2n) is 8.88. The van der Waals surface area contributed by atoms with Crippen LogP contribution in [0.15, 0.2) is 23.0 Å². The largest absolute Gasteiger partial charge is 0.482 e. The van der Waals surface area contributed by atoms with Gasteiger partial charge in [0.15, 0.2) is 17.4 Å². The van der Waals surface area contributed by atoms with Crippen molar-refractivity contribution in [1.82, 2.24) is 14.5 Å². The molecule has 0 amide bonds. The zero-order valence-electron chi connectivity index (χ0n) is 18.2. The smallest absolute Gasteiger partial charge is 0.390 e. The van der Waals surface area contributed by atoms with Crippen molar-refractivity contribution < 1.29 is 31.4 Å². The van der Waals surface area contributed by atoms with Crippen molar-refractivity contribution in [2.75, 3.05) is 31.1 Å². The molecule has 2 aromatic rings. The van der Waals surface area contributed by atoms with E-state index in [1.165, 1.54) is 4.90 Å². The number of halogens is 5. The lowest BCUT2D eigenvalue weighted by molar-refractivity contribution is -0.142.